The number of benzene rings is 1. The number of hydrogen-bond donors (Lipinski definition) is 2. The lowest BCUT2D eigenvalue weighted by Gasteiger charge is -2.27. The van der Waals surface area contributed by atoms with Crippen molar-refractivity contribution in [2.24, 2.45) is 0 Å². The summed E-state index contributed by atoms with van der Waals surface area (Å²) in [5.41, 5.74) is 1.69. The zero-order chi connectivity index (χ0) is 7.84. The maximum absolute atomic E-state index is 10.4. The molecular weight excluding hydrogens is 142 g/mol. The van der Waals surface area contributed by atoms with Crippen LogP contribution in [0.4, 0.5) is 5.69 Å². The number of carboxylic acid groups (broad SMARTS) is 1. The summed E-state index contributed by atoms with van der Waals surface area (Å²) in [5.74, 6) is -0.899. The van der Waals surface area contributed by atoms with Gasteiger partial charge in [0.05, 0.1) is 0 Å². The predicted octanol–water partition coefficient (Wildman–Crippen LogP) is 1.08. The molecule has 2 N–H and O–H groups in total. The van der Waals surface area contributed by atoms with Gasteiger partial charge in [0.1, 0.15) is 0 Å². The Hall–Kier alpha value is -1.51. The first-order valence-corrected chi connectivity index (χ1v) is 3.26. The molecule has 1 aromatic rings. The van der Waals surface area contributed by atoms with Crippen molar-refractivity contribution in [3.63, 3.8) is 0 Å². The van der Waals surface area contributed by atoms with E-state index in [-0.39, 0.29) is 0 Å². The van der Waals surface area contributed by atoms with Gasteiger partial charge < -0.3 is 10.4 Å². The van der Waals surface area contributed by atoms with Gasteiger partial charge in [-0.05, 0) is 6.07 Å². The number of anilines is 1. The first kappa shape index (κ1) is 6.22. The molecule has 1 aromatic carbocycles. The molecule has 1 radical (unpaired) electrons. The summed E-state index contributed by atoms with van der Waals surface area (Å²) in [6.45, 7) is 0. The highest BCUT2D eigenvalue weighted by atomic mass is 16.4. The number of fused-ring (bicyclic) bond motifs is 1. The fraction of sp³-hybridized carbons (Fsp3) is 0. The van der Waals surface area contributed by atoms with Gasteiger partial charge >= 0.3 is 5.97 Å². The van der Waals surface area contributed by atoms with E-state index < -0.39 is 5.97 Å². The molecule has 0 aliphatic carbocycles. The summed E-state index contributed by atoms with van der Waals surface area (Å²) >= 11 is 0. The number of aliphatic carboxylic acids is 1. The quantitative estimate of drug-likeness (QED) is 0.626. The van der Waals surface area contributed by atoms with E-state index in [1.807, 2.05) is 18.2 Å². The first-order chi connectivity index (χ1) is 5.29. The number of carbonyl (C=O) groups is 1. The van der Waals surface area contributed by atoms with Crippen LogP contribution in [0.3, 0.4) is 0 Å². The van der Waals surface area contributed by atoms with Crippen molar-refractivity contribution in [2.75, 3.05) is 5.32 Å². The molecule has 1 heterocycles. The third-order valence-corrected chi connectivity index (χ3v) is 1.67. The molecule has 1 aliphatic heterocycles. The zero-order valence-electron chi connectivity index (χ0n) is 5.66. The van der Waals surface area contributed by atoms with Crippen molar-refractivity contribution in [1.82, 2.24) is 0 Å². The summed E-state index contributed by atoms with van der Waals surface area (Å²) in [6, 6.07) is 7.62. The van der Waals surface area contributed by atoms with Crippen molar-refractivity contribution >= 4 is 11.7 Å². The third-order valence-electron chi connectivity index (χ3n) is 1.67. The summed E-state index contributed by atoms with van der Waals surface area (Å²) < 4.78 is 0. The smallest absolute Gasteiger partial charge is 0.337 e. The van der Waals surface area contributed by atoms with E-state index in [1.54, 1.807) is 6.07 Å². The van der Waals surface area contributed by atoms with Gasteiger partial charge in [-0.1, -0.05) is 18.2 Å². The molecular formula is C8H6NO2. The Morgan fingerprint density at radius 1 is 1.36 bits per heavy atom. The van der Waals surface area contributed by atoms with Crippen LogP contribution in [0.1, 0.15) is 5.56 Å². The summed E-state index contributed by atoms with van der Waals surface area (Å²) in [5, 5.41) is 11.3. The van der Waals surface area contributed by atoms with Gasteiger partial charge in [0.25, 0.3) is 0 Å². The van der Waals surface area contributed by atoms with E-state index >= 15 is 0 Å². The Labute approximate surface area is 63.7 Å². The summed E-state index contributed by atoms with van der Waals surface area (Å²) in [6.07, 6.45) is 0. The van der Waals surface area contributed by atoms with Gasteiger partial charge in [-0.2, -0.15) is 0 Å². The molecule has 2 rings (SSSR count). The Morgan fingerprint density at radius 3 is 2.73 bits per heavy atom. The molecule has 0 spiro atoms. The van der Waals surface area contributed by atoms with Crippen LogP contribution in [-0.2, 0) is 4.79 Å². The van der Waals surface area contributed by atoms with Crippen molar-refractivity contribution in [3.05, 3.63) is 35.9 Å². The van der Waals surface area contributed by atoms with Crippen LogP contribution in [0.25, 0.3) is 0 Å². The van der Waals surface area contributed by atoms with Crippen LogP contribution >= 0.6 is 0 Å². The van der Waals surface area contributed by atoms with Crippen molar-refractivity contribution in [3.8, 4) is 0 Å². The third kappa shape index (κ3) is 0.774. The van der Waals surface area contributed by atoms with Gasteiger partial charge in [0, 0.05) is 11.3 Å². The molecule has 0 amide bonds. The van der Waals surface area contributed by atoms with E-state index in [9.17, 15) is 4.79 Å². The van der Waals surface area contributed by atoms with Crippen LogP contribution in [0.2, 0.25) is 0 Å². The van der Waals surface area contributed by atoms with Gasteiger partial charge in [-0.15, -0.1) is 0 Å². The second kappa shape index (κ2) is 1.99. The SMILES string of the molecule is O=C(O)[C]1Nc2ccccc21. The van der Waals surface area contributed by atoms with Crippen LogP contribution < -0.4 is 5.32 Å². The largest absolute Gasteiger partial charge is 0.479 e. The number of carboxylic acids is 1. The first-order valence-electron chi connectivity index (χ1n) is 3.26. The van der Waals surface area contributed by atoms with E-state index in [0.29, 0.717) is 6.04 Å². The average Bonchev–Trinajstić information content (AvgIpc) is 1.90. The minimum Gasteiger partial charge on any atom is -0.479 e. The number of nitrogens with one attached hydrogen (secondary N) is 1. The standard InChI is InChI=1S/C8H6NO2/c10-8(11)7-5-3-1-2-4-6(5)9-7/h1-4,9H,(H,10,11). The molecule has 3 heteroatoms. The van der Waals surface area contributed by atoms with E-state index in [0.717, 1.165) is 11.3 Å². The van der Waals surface area contributed by atoms with Crippen molar-refractivity contribution < 1.29 is 9.90 Å². The van der Waals surface area contributed by atoms with Gasteiger partial charge in [-0.3, -0.25) is 0 Å². The summed E-state index contributed by atoms with van der Waals surface area (Å²) in [7, 11) is 0. The summed E-state index contributed by atoms with van der Waals surface area (Å²) in [4.78, 5) is 10.4. The highest BCUT2D eigenvalue weighted by molar-refractivity contribution is 5.99. The fourth-order valence-corrected chi connectivity index (χ4v) is 1.12. The molecule has 3 nitrogen and oxygen atoms in total. The van der Waals surface area contributed by atoms with Crippen LogP contribution in [0.15, 0.2) is 24.3 Å². The Bertz CT molecular complexity index is 309. The number of rotatable bonds is 1. The molecule has 11 heavy (non-hydrogen) atoms. The lowest BCUT2D eigenvalue weighted by Crippen LogP contribution is -2.30. The molecule has 0 fully saturated rings. The topological polar surface area (TPSA) is 49.3 Å². The molecule has 0 atom stereocenters. The normalized spacial score (nSPS) is 14.5. The monoisotopic (exact) mass is 148 g/mol. The average molecular weight is 148 g/mol. The van der Waals surface area contributed by atoms with E-state index in [4.69, 9.17) is 5.11 Å². The highest BCUT2D eigenvalue weighted by Gasteiger charge is 2.32. The van der Waals surface area contributed by atoms with E-state index in [1.165, 1.54) is 0 Å². The highest BCUT2D eigenvalue weighted by Crippen LogP contribution is 2.34. The molecule has 0 bridgehead atoms. The van der Waals surface area contributed by atoms with Crippen LogP contribution in [0.5, 0.6) is 0 Å². The minimum atomic E-state index is -0.899. The molecule has 1 aliphatic rings. The maximum Gasteiger partial charge on any atom is 0.337 e. The predicted molar refractivity (Wildman–Crippen MR) is 40.0 cm³/mol. The fourth-order valence-electron chi connectivity index (χ4n) is 1.12. The van der Waals surface area contributed by atoms with Gasteiger partial charge in [0.2, 0.25) is 6.04 Å². The second-order valence-electron chi connectivity index (χ2n) is 2.35. The van der Waals surface area contributed by atoms with E-state index in [2.05, 4.69) is 5.32 Å². The van der Waals surface area contributed by atoms with Crippen LogP contribution in [0, 0.1) is 6.04 Å². The Balaban J connectivity index is 2.36. The Morgan fingerprint density at radius 2 is 2.09 bits per heavy atom. The lowest BCUT2D eigenvalue weighted by molar-refractivity contribution is -0.134. The minimum absolute atomic E-state index is 0.292. The Kier molecular flexibility index (Phi) is 1.12. The zero-order valence-corrected chi connectivity index (χ0v) is 5.66. The lowest BCUT2D eigenvalue weighted by atomic mass is 9.97. The molecule has 0 saturated heterocycles. The van der Waals surface area contributed by atoms with Gasteiger partial charge in [0.15, 0.2) is 0 Å². The molecule has 0 aromatic heterocycles. The van der Waals surface area contributed by atoms with Crippen LogP contribution in [-0.4, -0.2) is 11.1 Å². The molecule has 0 unspecified atom stereocenters. The molecule has 0 saturated carbocycles. The second-order valence-corrected chi connectivity index (χ2v) is 2.35. The molecule has 55 valence electrons. The van der Waals surface area contributed by atoms with Crippen molar-refractivity contribution in [1.29, 1.82) is 0 Å². The number of para-hydroxylation sites is 1. The maximum atomic E-state index is 10.4. The number of hydrogen-bond acceptors (Lipinski definition) is 2. The van der Waals surface area contributed by atoms with Crippen molar-refractivity contribution in [2.45, 2.75) is 0 Å². The van der Waals surface area contributed by atoms with Gasteiger partial charge in [-0.25, -0.2) is 4.79 Å².